The van der Waals surface area contributed by atoms with Gasteiger partial charge in [0.2, 0.25) is 11.8 Å². The van der Waals surface area contributed by atoms with Gasteiger partial charge >= 0.3 is 0 Å². The van der Waals surface area contributed by atoms with Crippen LogP contribution in [0.5, 0.6) is 11.5 Å². The Morgan fingerprint density at radius 1 is 1.23 bits per heavy atom. The zero-order chi connectivity index (χ0) is 21.6. The summed E-state index contributed by atoms with van der Waals surface area (Å²) >= 11 is 6.39. The second-order valence-corrected chi connectivity index (χ2v) is 8.23. The van der Waals surface area contributed by atoms with E-state index in [1.807, 2.05) is 19.9 Å². The van der Waals surface area contributed by atoms with E-state index in [4.69, 9.17) is 21.1 Å². The lowest BCUT2D eigenvalue weighted by atomic mass is 9.79. The van der Waals surface area contributed by atoms with Crippen molar-refractivity contribution in [2.24, 2.45) is 5.92 Å². The largest absolute Gasteiger partial charge is 0.497 e. The van der Waals surface area contributed by atoms with E-state index in [1.165, 1.54) is 7.11 Å². The van der Waals surface area contributed by atoms with E-state index >= 15 is 0 Å². The summed E-state index contributed by atoms with van der Waals surface area (Å²) in [5.41, 5.74) is 1.49. The van der Waals surface area contributed by atoms with Crippen molar-refractivity contribution in [1.29, 1.82) is 0 Å². The zero-order valence-electron chi connectivity index (χ0n) is 17.3. The number of ether oxygens (including phenoxy) is 2. The van der Waals surface area contributed by atoms with Crippen LogP contribution in [0.2, 0.25) is 5.02 Å². The Balaban J connectivity index is 1.75. The Morgan fingerprint density at radius 3 is 2.70 bits per heavy atom. The highest BCUT2D eigenvalue weighted by atomic mass is 35.5. The molecular weight excluding hydrogens is 406 g/mol. The Kier molecular flexibility index (Phi) is 5.11. The average molecular weight is 430 g/mol. The lowest BCUT2D eigenvalue weighted by Gasteiger charge is -2.29. The maximum Gasteiger partial charge on any atom is 0.250 e. The van der Waals surface area contributed by atoms with Crippen molar-refractivity contribution < 1.29 is 19.1 Å². The number of rotatable bonds is 4. The summed E-state index contributed by atoms with van der Waals surface area (Å²) in [5.74, 6) is -0.0916. The second-order valence-electron chi connectivity index (χ2n) is 7.82. The van der Waals surface area contributed by atoms with E-state index in [0.29, 0.717) is 39.9 Å². The van der Waals surface area contributed by atoms with Crippen LogP contribution in [-0.2, 0) is 15.1 Å². The Morgan fingerprint density at radius 2 is 2.00 bits per heavy atom. The molecule has 2 heterocycles. The van der Waals surface area contributed by atoms with Gasteiger partial charge in [-0.05, 0) is 44.0 Å². The van der Waals surface area contributed by atoms with Crippen molar-refractivity contribution in [2.75, 3.05) is 24.9 Å². The summed E-state index contributed by atoms with van der Waals surface area (Å²) < 4.78 is 10.6. The minimum atomic E-state index is -1.18. The van der Waals surface area contributed by atoms with Crippen molar-refractivity contribution >= 4 is 34.8 Å². The maximum atomic E-state index is 13.5. The predicted molar refractivity (Wildman–Crippen MR) is 115 cm³/mol. The van der Waals surface area contributed by atoms with Crippen LogP contribution in [0.15, 0.2) is 30.3 Å². The number of benzene rings is 2. The smallest absolute Gasteiger partial charge is 0.250 e. The van der Waals surface area contributed by atoms with Gasteiger partial charge < -0.3 is 20.1 Å². The number of fused-ring (bicyclic) bond motifs is 2. The first-order chi connectivity index (χ1) is 14.3. The Hall–Kier alpha value is -2.77. The molecule has 8 heteroatoms. The van der Waals surface area contributed by atoms with Gasteiger partial charge in [0, 0.05) is 17.7 Å². The van der Waals surface area contributed by atoms with E-state index < -0.39 is 11.5 Å². The second kappa shape index (κ2) is 7.49. The van der Waals surface area contributed by atoms with Crippen molar-refractivity contribution in [3.05, 3.63) is 46.5 Å². The number of nitrogens with one attached hydrogen (secondary N) is 3. The summed E-state index contributed by atoms with van der Waals surface area (Å²) in [6.07, 6.45) is 0.497. The van der Waals surface area contributed by atoms with Crippen LogP contribution in [0.1, 0.15) is 24.5 Å². The lowest BCUT2D eigenvalue weighted by Crippen LogP contribution is -2.52. The fraction of sp³-hybridized carbons (Fsp3) is 0.364. The number of aryl methyl sites for hydroxylation is 1. The van der Waals surface area contributed by atoms with Gasteiger partial charge in [0.25, 0.3) is 0 Å². The lowest BCUT2D eigenvalue weighted by molar-refractivity contribution is -0.130. The molecule has 158 valence electrons. The van der Waals surface area contributed by atoms with E-state index in [-0.39, 0.29) is 17.9 Å². The van der Waals surface area contributed by atoms with Crippen LogP contribution in [0.4, 0.5) is 11.4 Å². The summed E-state index contributed by atoms with van der Waals surface area (Å²) in [6, 6.07) is 8.84. The molecule has 1 saturated heterocycles. The number of amides is 2. The molecule has 0 radical (unpaired) electrons. The Labute approximate surface area is 180 Å². The molecule has 0 saturated carbocycles. The topological polar surface area (TPSA) is 88.7 Å². The van der Waals surface area contributed by atoms with Gasteiger partial charge in [-0.1, -0.05) is 17.7 Å². The number of carbonyl (C=O) groups is 2. The third-order valence-electron chi connectivity index (χ3n) is 5.82. The fourth-order valence-corrected chi connectivity index (χ4v) is 4.84. The van der Waals surface area contributed by atoms with E-state index in [1.54, 1.807) is 31.4 Å². The maximum absolute atomic E-state index is 13.5. The van der Waals surface area contributed by atoms with Crippen LogP contribution in [-0.4, -0.2) is 32.1 Å². The molecule has 1 spiro atoms. The highest BCUT2D eigenvalue weighted by molar-refractivity contribution is 6.35. The van der Waals surface area contributed by atoms with Crippen LogP contribution in [0.25, 0.3) is 0 Å². The van der Waals surface area contributed by atoms with E-state index in [9.17, 15) is 9.59 Å². The van der Waals surface area contributed by atoms with Gasteiger partial charge in [-0.2, -0.15) is 0 Å². The Bertz CT molecular complexity index is 1040. The van der Waals surface area contributed by atoms with Crippen molar-refractivity contribution in [3.8, 4) is 11.5 Å². The van der Waals surface area contributed by atoms with Crippen molar-refractivity contribution in [3.63, 3.8) is 0 Å². The first-order valence-electron chi connectivity index (χ1n) is 9.72. The van der Waals surface area contributed by atoms with Crippen molar-refractivity contribution in [1.82, 2.24) is 5.32 Å². The number of methoxy groups -OCH3 is 2. The molecule has 0 bridgehead atoms. The molecular formula is C22H24ClN3O4. The molecule has 0 aromatic heterocycles. The van der Waals surface area contributed by atoms with Gasteiger partial charge in [-0.15, -0.1) is 0 Å². The first kappa shape index (κ1) is 20.5. The minimum absolute atomic E-state index is 0.0380. The van der Waals surface area contributed by atoms with Crippen LogP contribution >= 0.6 is 11.6 Å². The van der Waals surface area contributed by atoms with E-state index in [2.05, 4.69) is 16.0 Å². The highest BCUT2D eigenvalue weighted by Gasteiger charge is 2.59. The molecule has 2 aromatic carbocycles. The highest BCUT2D eigenvalue weighted by Crippen LogP contribution is 2.49. The van der Waals surface area contributed by atoms with Crippen LogP contribution < -0.4 is 25.4 Å². The number of anilines is 2. The molecule has 0 unspecified atom stereocenters. The minimum Gasteiger partial charge on any atom is -0.497 e. The van der Waals surface area contributed by atoms with Gasteiger partial charge in [-0.3, -0.25) is 14.9 Å². The van der Waals surface area contributed by atoms with Gasteiger partial charge in [0.1, 0.15) is 17.0 Å². The predicted octanol–water partition coefficient (Wildman–Crippen LogP) is 3.45. The zero-order valence-corrected chi connectivity index (χ0v) is 18.0. The quantitative estimate of drug-likeness (QED) is 0.692. The molecule has 3 N–H and O–H groups in total. The third-order valence-corrected chi connectivity index (χ3v) is 6.12. The van der Waals surface area contributed by atoms with E-state index in [0.717, 1.165) is 5.56 Å². The molecule has 0 aliphatic carbocycles. The van der Waals surface area contributed by atoms with Gasteiger partial charge in [-0.25, -0.2) is 0 Å². The molecule has 30 heavy (non-hydrogen) atoms. The molecule has 2 aliphatic rings. The molecule has 1 fully saturated rings. The molecule has 2 aliphatic heterocycles. The standard InChI is InChI=1S/C22H24ClN3O4/c1-11-7-14-19(16(23)8-11)25-21(28)22(14)15(9-12(2)26-22)20(27)24-17-10-13(29-3)5-6-18(17)30-4/h5-8,10,12,15,26H,9H2,1-4H3,(H,24,27)(H,25,28)/t12-,15+,22+/m0/s1. The van der Waals surface area contributed by atoms with Crippen LogP contribution in [0.3, 0.4) is 0 Å². The van der Waals surface area contributed by atoms with Gasteiger partial charge in [0.05, 0.1) is 36.5 Å². The number of hydrogen-bond acceptors (Lipinski definition) is 5. The summed E-state index contributed by atoms with van der Waals surface area (Å²) in [4.78, 5) is 26.7. The van der Waals surface area contributed by atoms with Crippen molar-refractivity contribution in [2.45, 2.75) is 31.8 Å². The number of hydrogen-bond donors (Lipinski definition) is 3. The van der Waals surface area contributed by atoms with Gasteiger partial charge in [0.15, 0.2) is 0 Å². The normalized spacial score (nSPS) is 24.5. The summed E-state index contributed by atoms with van der Waals surface area (Å²) in [7, 11) is 3.08. The monoisotopic (exact) mass is 429 g/mol. The summed E-state index contributed by atoms with van der Waals surface area (Å²) in [5, 5.41) is 9.64. The average Bonchev–Trinajstić information content (AvgIpc) is 3.20. The summed E-state index contributed by atoms with van der Waals surface area (Å²) in [6.45, 7) is 3.88. The molecule has 2 amide bonds. The first-order valence-corrected chi connectivity index (χ1v) is 10.1. The fourth-order valence-electron chi connectivity index (χ4n) is 4.52. The molecule has 3 atom stereocenters. The SMILES string of the molecule is COc1ccc(OC)c(NC(=O)[C@H]2C[C@H](C)N[C@@]23C(=O)Nc2c(Cl)cc(C)cc23)c1. The molecule has 2 aromatic rings. The number of carbonyl (C=O) groups excluding carboxylic acids is 2. The van der Waals surface area contributed by atoms with Crippen LogP contribution in [0, 0.1) is 12.8 Å². The molecule has 4 rings (SSSR count). The third kappa shape index (κ3) is 3.09. The number of halogens is 1. The molecule has 7 nitrogen and oxygen atoms in total.